The van der Waals surface area contributed by atoms with Crippen molar-refractivity contribution in [3.63, 3.8) is 0 Å². The number of methoxy groups -OCH3 is 1. The zero-order chi connectivity index (χ0) is 14.8. The van der Waals surface area contributed by atoms with Crippen LogP contribution in [0.3, 0.4) is 0 Å². The maximum atomic E-state index is 14.0. The van der Waals surface area contributed by atoms with Crippen molar-refractivity contribution in [3.05, 3.63) is 53.3 Å². The Morgan fingerprint density at radius 2 is 2.00 bits per heavy atom. The molecule has 1 fully saturated rings. The highest BCUT2D eigenvalue weighted by Gasteiger charge is 2.20. The Kier molecular flexibility index (Phi) is 3.93. The first kappa shape index (κ1) is 14.1. The largest absolute Gasteiger partial charge is 0.494 e. The minimum atomic E-state index is -0.322. The van der Waals surface area contributed by atoms with E-state index in [0.717, 1.165) is 17.7 Å². The van der Waals surface area contributed by atoms with Crippen LogP contribution in [-0.4, -0.2) is 13.2 Å². The van der Waals surface area contributed by atoms with Gasteiger partial charge in [-0.15, -0.1) is 0 Å². The van der Waals surface area contributed by atoms with Crippen LogP contribution >= 0.6 is 0 Å². The van der Waals surface area contributed by atoms with E-state index in [-0.39, 0.29) is 11.6 Å². The maximum Gasteiger partial charge on any atom is 0.165 e. The number of benzene rings is 2. The number of ether oxygens (including phenoxy) is 1. The van der Waals surface area contributed by atoms with Gasteiger partial charge >= 0.3 is 0 Å². The number of nitrogens with one attached hydrogen (secondary N) is 1. The summed E-state index contributed by atoms with van der Waals surface area (Å²) in [7, 11) is 1.48. The number of hydrogen-bond acceptors (Lipinski definition) is 2. The predicted molar refractivity (Wildman–Crippen MR) is 83.0 cm³/mol. The van der Waals surface area contributed by atoms with Gasteiger partial charge in [0.15, 0.2) is 11.6 Å². The fourth-order valence-corrected chi connectivity index (χ4v) is 2.49. The first-order valence-corrected chi connectivity index (χ1v) is 7.34. The van der Waals surface area contributed by atoms with E-state index in [1.54, 1.807) is 12.1 Å². The Balaban J connectivity index is 1.94. The number of hydrogen-bond donors (Lipinski definition) is 1. The second-order valence-corrected chi connectivity index (χ2v) is 5.67. The summed E-state index contributed by atoms with van der Waals surface area (Å²) in [5.74, 6) is -0.0401. The van der Waals surface area contributed by atoms with Crippen molar-refractivity contribution in [2.45, 2.75) is 32.4 Å². The molecule has 0 unspecified atom stereocenters. The lowest BCUT2D eigenvalue weighted by Gasteiger charge is -2.13. The lowest BCUT2D eigenvalue weighted by atomic mass is 9.97. The Morgan fingerprint density at radius 3 is 2.67 bits per heavy atom. The van der Waals surface area contributed by atoms with Crippen LogP contribution in [0, 0.1) is 12.7 Å². The molecule has 0 aliphatic heterocycles. The van der Waals surface area contributed by atoms with Gasteiger partial charge in [0.05, 0.1) is 7.11 Å². The van der Waals surface area contributed by atoms with Gasteiger partial charge in [-0.2, -0.15) is 0 Å². The average Bonchev–Trinajstić information content (AvgIpc) is 3.30. The molecule has 1 N–H and O–H groups in total. The topological polar surface area (TPSA) is 21.3 Å². The zero-order valence-electron chi connectivity index (χ0n) is 12.4. The van der Waals surface area contributed by atoms with E-state index in [9.17, 15) is 4.39 Å². The van der Waals surface area contributed by atoms with Crippen molar-refractivity contribution in [3.8, 4) is 16.9 Å². The fourth-order valence-electron chi connectivity index (χ4n) is 2.49. The molecule has 0 radical (unpaired) electrons. The lowest BCUT2D eigenvalue weighted by Crippen LogP contribution is -2.15. The molecule has 110 valence electrons. The third-order valence-electron chi connectivity index (χ3n) is 3.89. The van der Waals surface area contributed by atoms with Gasteiger partial charge in [-0.3, -0.25) is 0 Å². The van der Waals surface area contributed by atoms with Crippen molar-refractivity contribution in [1.29, 1.82) is 0 Å². The minimum Gasteiger partial charge on any atom is -0.494 e. The number of rotatable bonds is 5. The Bertz CT molecular complexity index is 650. The summed E-state index contributed by atoms with van der Waals surface area (Å²) in [5, 5.41) is 3.52. The van der Waals surface area contributed by atoms with E-state index in [2.05, 4.69) is 30.4 Å². The molecule has 1 saturated carbocycles. The average molecular weight is 285 g/mol. The zero-order valence-corrected chi connectivity index (χ0v) is 12.4. The van der Waals surface area contributed by atoms with Crippen LogP contribution in [0.15, 0.2) is 36.4 Å². The van der Waals surface area contributed by atoms with Gasteiger partial charge < -0.3 is 10.1 Å². The summed E-state index contributed by atoms with van der Waals surface area (Å²) in [6.45, 7) is 2.88. The molecular weight excluding hydrogens is 265 g/mol. The van der Waals surface area contributed by atoms with Crippen molar-refractivity contribution in [1.82, 2.24) is 5.32 Å². The molecule has 3 rings (SSSR count). The Morgan fingerprint density at radius 1 is 1.19 bits per heavy atom. The number of aryl methyl sites for hydroxylation is 1. The first-order valence-electron chi connectivity index (χ1n) is 7.34. The van der Waals surface area contributed by atoms with Gasteiger partial charge in [-0.05, 0) is 48.6 Å². The summed E-state index contributed by atoms with van der Waals surface area (Å²) >= 11 is 0. The first-order chi connectivity index (χ1) is 10.2. The van der Waals surface area contributed by atoms with Crippen molar-refractivity contribution >= 4 is 0 Å². The molecule has 0 bridgehead atoms. The van der Waals surface area contributed by atoms with Gasteiger partial charge in [0.1, 0.15) is 0 Å². The highest BCUT2D eigenvalue weighted by atomic mass is 19.1. The summed E-state index contributed by atoms with van der Waals surface area (Å²) < 4.78 is 18.9. The molecule has 2 nitrogen and oxygen atoms in total. The molecule has 1 aliphatic rings. The molecule has 3 heteroatoms. The summed E-state index contributed by atoms with van der Waals surface area (Å²) in [5.41, 5.74) is 4.36. The van der Waals surface area contributed by atoms with E-state index in [1.807, 2.05) is 6.07 Å². The van der Waals surface area contributed by atoms with E-state index in [0.29, 0.717) is 6.04 Å². The van der Waals surface area contributed by atoms with Gasteiger partial charge in [0.25, 0.3) is 0 Å². The molecule has 2 aromatic rings. The smallest absolute Gasteiger partial charge is 0.165 e. The monoisotopic (exact) mass is 285 g/mol. The van der Waals surface area contributed by atoms with Gasteiger partial charge in [0, 0.05) is 12.6 Å². The summed E-state index contributed by atoms with van der Waals surface area (Å²) in [6.07, 6.45) is 2.52. The molecule has 21 heavy (non-hydrogen) atoms. The van der Waals surface area contributed by atoms with Crippen molar-refractivity contribution < 1.29 is 9.13 Å². The summed E-state index contributed by atoms with van der Waals surface area (Å²) in [4.78, 5) is 0. The molecule has 0 aromatic heterocycles. The van der Waals surface area contributed by atoms with Gasteiger partial charge in [-0.25, -0.2) is 4.39 Å². The van der Waals surface area contributed by atoms with Crippen LogP contribution in [0.2, 0.25) is 0 Å². The molecule has 0 amide bonds. The highest BCUT2D eigenvalue weighted by molar-refractivity contribution is 5.69. The van der Waals surface area contributed by atoms with E-state index < -0.39 is 0 Å². The molecular formula is C18H20FNO. The minimum absolute atomic E-state index is 0.282. The molecule has 0 atom stereocenters. The van der Waals surface area contributed by atoms with Crippen LogP contribution in [0.1, 0.15) is 24.0 Å². The fraction of sp³-hybridized carbons (Fsp3) is 0.333. The molecule has 1 aliphatic carbocycles. The molecule has 0 saturated heterocycles. The molecule has 0 heterocycles. The van der Waals surface area contributed by atoms with Crippen molar-refractivity contribution in [2.75, 3.05) is 7.11 Å². The van der Waals surface area contributed by atoms with Gasteiger partial charge in [0.2, 0.25) is 0 Å². The normalized spacial score (nSPS) is 14.2. The highest BCUT2D eigenvalue weighted by Crippen LogP contribution is 2.29. The lowest BCUT2D eigenvalue weighted by molar-refractivity contribution is 0.386. The van der Waals surface area contributed by atoms with Crippen LogP contribution in [-0.2, 0) is 6.54 Å². The van der Waals surface area contributed by atoms with Crippen LogP contribution in [0.25, 0.3) is 11.1 Å². The maximum absolute atomic E-state index is 14.0. The third-order valence-corrected chi connectivity index (χ3v) is 3.89. The SMILES string of the molecule is COc1ccc(-c2cc(C)ccc2CNC2CC2)cc1F. The van der Waals surface area contributed by atoms with E-state index >= 15 is 0 Å². The Hall–Kier alpha value is -1.87. The van der Waals surface area contributed by atoms with Crippen LogP contribution < -0.4 is 10.1 Å². The standard InChI is InChI=1S/C18H20FNO/c1-12-3-4-14(11-20-15-6-7-15)16(9-12)13-5-8-18(21-2)17(19)10-13/h3-5,8-10,15,20H,6-7,11H2,1-2H3. The predicted octanol–water partition coefficient (Wildman–Crippen LogP) is 4.06. The third kappa shape index (κ3) is 3.24. The van der Waals surface area contributed by atoms with Crippen LogP contribution in [0.4, 0.5) is 4.39 Å². The quantitative estimate of drug-likeness (QED) is 0.894. The van der Waals surface area contributed by atoms with E-state index in [4.69, 9.17) is 4.74 Å². The number of halogens is 1. The van der Waals surface area contributed by atoms with Gasteiger partial charge in [-0.1, -0.05) is 29.8 Å². The summed E-state index contributed by atoms with van der Waals surface area (Å²) in [6, 6.07) is 12.2. The van der Waals surface area contributed by atoms with E-state index in [1.165, 1.54) is 31.1 Å². The van der Waals surface area contributed by atoms with Crippen LogP contribution in [0.5, 0.6) is 5.75 Å². The molecule has 2 aromatic carbocycles. The molecule has 0 spiro atoms. The Labute approximate surface area is 125 Å². The second kappa shape index (κ2) is 5.86. The second-order valence-electron chi connectivity index (χ2n) is 5.67. The van der Waals surface area contributed by atoms with Crippen molar-refractivity contribution in [2.24, 2.45) is 0 Å².